The lowest BCUT2D eigenvalue weighted by molar-refractivity contribution is 0.146. The van der Waals surface area contributed by atoms with Crippen molar-refractivity contribution >= 4 is 10.0 Å². The zero-order valence-corrected chi connectivity index (χ0v) is 16.7. The largest absolute Gasteiger partial charge is 0.491 e. The number of fused-ring (bicyclic) bond motifs is 1. The number of methoxy groups -OCH3 is 1. The van der Waals surface area contributed by atoms with Crippen LogP contribution in [0.15, 0.2) is 47.4 Å². The van der Waals surface area contributed by atoms with E-state index in [1.165, 1.54) is 24.0 Å². The Morgan fingerprint density at radius 2 is 1.70 bits per heavy atom. The minimum Gasteiger partial charge on any atom is -0.491 e. The summed E-state index contributed by atoms with van der Waals surface area (Å²) in [6, 6.07) is 12.5. The van der Waals surface area contributed by atoms with Crippen LogP contribution in [0.1, 0.15) is 42.5 Å². The van der Waals surface area contributed by atoms with E-state index < -0.39 is 10.0 Å². The maximum atomic E-state index is 12.7. The summed E-state index contributed by atoms with van der Waals surface area (Å²) in [5.41, 5.74) is 3.74. The average molecular weight is 390 g/mol. The standard InChI is InChI=1S/C21H27NO4S/c1-16(18-8-7-17-5-3-4-6-19(17)15-18)22-27(23,24)21-11-9-20(10-12-21)26-14-13-25-2/h7-12,15-16,22H,3-6,13-14H2,1-2H3. The van der Waals surface area contributed by atoms with E-state index in [1.807, 2.05) is 13.0 Å². The van der Waals surface area contributed by atoms with Crippen LogP contribution in [-0.4, -0.2) is 28.7 Å². The minimum absolute atomic E-state index is 0.228. The number of aryl methyl sites for hydroxylation is 2. The topological polar surface area (TPSA) is 64.6 Å². The van der Waals surface area contributed by atoms with Crippen molar-refractivity contribution in [2.45, 2.75) is 43.5 Å². The lowest BCUT2D eigenvalue weighted by Crippen LogP contribution is -2.27. The highest BCUT2D eigenvalue weighted by molar-refractivity contribution is 7.89. The quantitative estimate of drug-likeness (QED) is 0.700. The maximum Gasteiger partial charge on any atom is 0.241 e. The molecule has 27 heavy (non-hydrogen) atoms. The summed E-state index contributed by atoms with van der Waals surface area (Å²) in [7, 11) is -2.00. The van der Waals surface area contributed by atoms with Crippen LogP contribution < -0.4 is 9.46 Å². The first kappa shape index (κ1) is 19.9. The molecule has 1 aliphatic carbocycles. The Kier molecular flexibility index (Phi) is 6.52. The molecule has 2 aromatic rings. The normalized spacial score (nSPS) is 15.2. The van der Waals surface area contributed by atoms with Gasteiger partial charge in [-0.25, -0.2) is 13.1 Å². The highest BCUT2D eigenvalue weighted by atomic mass is 32.2. The van der Waals surface area contributed by atoms with Crippen molar-refractivity contribution in [1.29, 1.82) is 0 Å². The average Bonchev–Trinajstić information content (AvgIpc) is 2.68. The predicted molar refractivity (Wildman–Crippen MR) is 106 cm³/mol. The molecule has 146 valence electrons. The van der Waals surface area contributed by atoms with Crippen molar-refractivity contribution in [1.82, 2.24) is 4.72 Å². The summed E-state index contributed by atoms with van der Waals surface area (Å²) in [4.78, 5) is 0.228. The van der Waals surface area contributed by atoms with Crippen LogP contribution in [0.4, 0.5) is 0 Å². The van der Waals surface area contributed by atoms with Crippen molar-refractivity contribution in [2.75, 3.05) is 20.3 Å². The first-order valence-electron chi connectivity index (χ1n) is 9.35. The number of hydrogen-bond donors (Lipinski definition) is 1. The van der Waals surface area contributed by atoms with Gasteiger partial charge in [0.15, 0.2) is 0 Å². The molecule has 1 aliphatic rings. The van der Waals surface area contributed by atoms with Gasteiger partial charge in [0.2, 0.25) is 10.0 Å². The van der Waals surface area contributed by atoms with Crippen LogP contribution in [0.25, 0.3) is 0 Å². The number of ether oxygens (including phenoxy) is 2. The fraction of sp³-hybridized carbons (Fsp3) is 0.429. The molecular weight excluding hydrogens is 362 g/mol. The third-order valence-corrected chi connectivity index (χ3v) is 6.45. The van der Waals surface area contributed by atoms with Crippen LogP contribution >= 0.6 is 0 Å². The molecule has 1 unspecified atom stereocenters. The lowest BCUT2D eigenvalue weighted by Gasteiger charge is -2.20. The highest BCUT2D eigenvalue weighted by Gasteiger charge is 2.19. The molecule has 0 bridgehead atoms. The molecule has 0 fully saturated rings. The van der Waals surface area contributed by atoms with E-state index in [9.17, 15) is 8.42 Å². The van der Waals surface area contributed by atoms with Gasteiger partial charge in [-0.2, -0.15) is 0 Å². The highest BCUT2D eigenvalue weighted by Crippen LogP contribution is 2.26. The van der Waals surface area contributed by atoms with Gasteiger partial charge >= 0.3 is 0 Å². The first-order valence-corrected chi connectivity index (χ1v) is 10.8. The van der Waals surface area contributed by atoms with Gasteiger partial charge in [-0.3, -0.25) is 0 Å². The van der Waals surface area contributed by atoms with E-state index in [-0.39, 0.29) is 10.9 Å². The van der Waals surface area contributed by atoms with Crippen molar-refractivity contribution in [3.63, 3.8) is 0 Å². The van der Waals surface area contributed by atoms with E-state index >= 15 is 0 Å². The van der Waals surface area contributed by atoms with E-state index in [4.69, 9.17) is 9.47 Å². The van der Waals surface area contributed by atoms with Gasteiger partial charge in [-0.05, 0) is 73.6 Å². The third kappa shape index (κ3) is 5.09. The van der Waals surface area contributed by atoms with Gasteiger partial charge in [0, 0.05) is 13.2 Å². The van der Waals surface area contributed by atoms with Gasteiger partial charge in [0.25, 0.3) is 0 Å². The summed E-state index contributed by atoms with van der Waals surface area (Å²) in [6.07, 6.45) is 4.64. The van der Waals surface area contributed by atoms with Crippen LogP contribution in [-0.2, 0) is 27.6 Å². The smallest absolute Gasteiger partial charge is 0.241 e. The second-order valence-corrected chi connectivity index (χ2v) is 8.60. The first-order chi connectivity index (χ1) is 13.0. The molecule has 0 aliphatic heterocycles. The molecule has 0 amide bonds. The number of benzene rings is 2. The number of hydrogen-bond acceptors (Lipinski definition) is 4. The van der Waals surface area contributed by atoms with E-state index in [0.29, 0.717) is 19.0 Å². The van der Waals surface area contributed by atoms with Gasteiger partial charge in [0.05, 0.1) is 11.5 Å². The SMILES string of the molecule is COCCOc1ccc(S(=O)(=O)NC(C)c2ccc3c(c2)CCCC3)cc1. The van der Waals surface area contributed by atoms with Crippen LogP contribution in [0, 0.1) is 0 Å². The monoisotopic (exact) mass is 389 g/mol. The second-order valence-electron chi connectivity index (χ2n) is 6.89. The summed E-state index contributed by atoms with van der Waals surface area (Å²) in [6.45, 7) is 2.79. The van der Waals surface area contributed by atoms with Crippen molar-refractivity contribution in [3.8, 4) is 5.75 Å². The molecular formula is C21H27NO4S. The summed E-state index contributed by atoms with van der Waals surface area (Å²) >= 11 is 0. The van der Waals surface area contributed by atoms with Crippen LogP contribution in [0.5, 0.6) is 5.75 Å². The Labute approximate surface area is 161 Å². The molecule has 0 saturated carbocycles. The fourth-order valence-electron chi connectivity index (χ4n) is 3.35. The predicted octanol–water partition coefficient (Wildman–Crippen LogP) is 3.63. The Balaban J connectivity index is 1.68. The Morgan fingerprint density at radius 1 is 1.00 bits per heavy atom. The number of rotatable bonds is 8. The van der Waals surface area contributed by atoms with Crippen LogP contribution in [0.3, 0.4) is 0 Å². The Hall–Kier alpha value is -1.89. The lowest BCUT2D eigenvalue weighted by atomic mass is 9.89. The number of sulfonamides is 1. The second kappa shape index (κ2) is 8.87. The molecule has 1 N–H and O–H groups in total. The zero-order valence-electron chi connectivity index (χ0n) is 15.9. The van der Waals surface area contributed by atoms with Crippen molar-refractivity contribution in [2.24, 2.45) is 0 Å². The molecule has 0 heterocycles. The molecule has 0 aromatic heterocycles. The minimum atomic E-state index is -3.60. The van der Waals surface area contributed by atoms with Gasteiger partial charge in [0.1, 0.15) is 12.4 Å². The van der Waals surface area contributed by atoms with Crippen molar-refractivity contribution in [3.05, 3.63) is 59.2 Å². The molecule has 5 nitrogen and oxygen atoms in total. The molecule has 1 atom stereocenters. The molecule has 0 radical (unpaired) electrons. The molecule has 2 aromatic carbocycles. The van der Waals surface area contributed by atoms with Crippen molar-refractivity contribution < 1.29 is 17.9 Å². The van der Waals surface area contributed by atoms with Gasteiger partial charge in [-0.15, -0.1) is 0 Å². The van der Waals surface area contributed by atoms with Gasteiger partial charge in [-0.1, -0.05) is 18.2 Å². The third-order valence-electron chi connectivity index (χ3n) is 4.89. The Bertz CT molecular complexity index is 862. The summed E-state index contributed by atoms with van der Waals surface area (Å²) in [5.74, 6) is 0.619. The fourth-order valence-corrected chi connectivity index (χ4v) is 4.58. The van der Waals surface area contributed by atoms with E-state index in [1.54, 1.807) is 31.4 Å². The molecule has 0 saturated heterocycles. The molecule has 6 heteroatoms. The Morgan fingerprint density at radius 3 is 2.41 bits per heavy atom. The molecule has 3 rings (SSSR count). The van der Waals surface area contributed by atoms with E-state index in [0.717, 1.165) is 18.4 Å². The van der Waals surface area contributed by atoms with E-state index in [2.05, 4.69) is 16.9 Å². The van der Waals surface area contributed by atoms with Gasteiger partial charge < -0.3 is 9.47 Å². The molecule has 0 spiro atoms. The maximum absolute atomic E-state index is 12.7. The number of nitrogens with one attached hydrogen (secondary N) is 1. The summed E-state index contributed by atoms with van der Waals surface area (Å²) in [5, 5.41) is 0. The van der Waals surface area contributed by atoms with Crippen LogP contribution in [0.2, 0.25) is 0 Å². The zero-order chi connectivity index (χ0) is 19.3. The summed E-state index contributed by atoms with van der Waals surface area (Å²) < 4.78 is 38.6.